The van der Waals surface area contributed by atoms with Gasteiger partial charge in [0.15, 0.2) is 0 Å². The maximum Gasteiger partial charge on any atom is 0.281 e. The average Bonchev–Trinajstić information content (AvgIpc) is 2.16. The fraction of sp³-hybridized carbons (Fsp3) is 0.111. The first-order chi connectivity index (χ1) is 6.59. The molecule has 0 atom stereocenters. The van der Waals surface area contributed by atoms with Crippen molar-refractivity contribution in [2.75, 3.05) is 5.75 Å². The molecule has 0 saturated carbocycles. The second kappa shape index (κ2) is 5.46. The van der Waals surface area contributed by atoms with Crippen molar-refractivity contribution in [3.8, 4) is 0 Å². The second-order valence-electron chi connectivity index (χ2n) is 2.41. The van der Waals surface area contributed by atoms with Crippen molar-refractivity contribution in [2.45, 2.75) is 4.90 Å². The Labute approximate surface area is 92.3 Å². The van der Waals surface area contributed by atoms with Crippen molar-refractivity contribution in [1.29, 1.82) is 0 Å². The third-order valence-corrected chi connectivity index (χ3v) is 3.37. The van der Waals surface area contributed by atoms with Gasteiger partial charge >= 0.3 is 0 Å². The number of hydrogen-bond acceptors (Lipinski definition) is 1. The van der Waals surface area contributed by atoms with Gasteiger partial charge in [0.25, 0.3) is 6.08 Å². The molecule has 0 aromatic heterocycles. The summed E-state index contributed by atoms with van der Waals surface area (Å²) in [7, 11) is 0. The number of rotatable bonds is 3. The van der Waals surface area contributed by atoms with Gasteiger partial charge in [-0.25, -0.2) is 4.39 Å². The molecule has 76 valence electrons. The van der Waals surface area contributed by atoms with Crippen LogP contribution >= 0.6 is 27.7 Å². The molecule has 0 bridgehead atoms. The lowest BCUT2D eigenvalue weighted by Gasteiger charge is -1.99. The van der Waals surface area contributed by atoms with E-state index >= 15 is 0 Å². The smallest absolute Gasteiger partial charge is 0.207 e. The maximum absolute atomic E-state index is 12.5. The predicted molar refractivity (Wildman–Crippen MR) is 55.3 cm³/mol. The van der Waals surface area contributed by atoms with E-state index in [1.54, 1.807) is 12.1 Å². The summed E-state index contributed by atoms with van der Waals surface area (Å²) in [6, 6.07) is 5.70. The van der Waals surface area contributed by atoms with E-state index in [1.807, 2.05) is 0 Å². The van der Waals surface area contributed by atoms with E-state index in [0.717, 1.165) is 4.90 Å². The molecule has 0 fully saturated rings. The van der Waals surface area contributed by atoms with Crippen LogP contribution in [0.2, 0.25) is 0 Å². The Kier molecular flexibility index (Phi) is 4.54. The fourth-order valence-electron chi connectivity index (χ4n) is 0.732. The van der Waals surface area contributed by atoms with Gasteiger partial charge in [0.05, 0.1) is 4.48 Å². The van der Waals surface area contributed by atoms with Gasteiger partial charge in [-0.2, -0.15) is 8.78 Å². The van der Waals surface area contributed by atoms with Crippen LogP contribution in [0.3, 0.4) is 0 Å². The summed E-state index contributed by atoms with van der Waals surface area (Å²) < 4.78 is 36.2. The highest BCUT2D eigenvalue weighted by Gasteiger charge is 2.03. The molecule has 0 radical (unpaired) electrons. The van der Waals surface area contributed by atoms with Crippen molar-refractivity contribution in [2.24, 2.45) is 0 Å². The van der Waals surface area contributed by atoms with Crippen LogP contribution in [-0.4, -0.2) is 5.75 Å². The summed E-state index contributed by atoms with van der Waals surface area (Å²) in [5, 5.41) is 0. The Hall–Kier alpha value is -0.420. The highest BCUT2D eigenvalue weighted by atomic mass is 79.9. The van der Waals surface area contributed by atoms with Gasteiger partial charge < -0.3 is 0 Å². The Morgan fingerprint density at radius 3 is 2.29 bits per heavy atom. The van der Waals surface area contributed by atoms with Gasteiger partial charge in [0, 0.05) is 10.6 Å². The fourth-order valence-corrected chi connectivity index (χ4v) is 1.81. The molecule has 0 amide bonds. The van der Waals surface area contributed by atoms with Gasteiger partial charge in [0.2, 0.25) is 0 Å². The minimum absolute atomic E-state index is 0.133. The Morgan fingerprint density at radius 2 is 1.79 bits per heavy atom. The quantitative estimate of drug-likeness (QED) is 0.740. The van der Waals surface area contributed by atoms with Crippen molar-refractivity contribution < 1.29 is 13.2 Å². The molecule has 1 aromatic carbocycles. The number of halogens is 4. The third kappa shape index (κ3) is 3.75. The molecular formula is C9H6BrF3S. The van der Waals surface area contributed by atoms with Crippen molar-refractivity contribution in [1.82, 2.24) is 0 Å². The largest absolute Gasteiger partial charge is 0.281 e. The van der Waals surface area contributed by atoms with Crippen molar-refractivity contribution >= 4 is 27.7 Å². The van der Waals surface area contributed by atoms with Crippen LogP contribution < -0.4 is 0 Å². The first kappa shape index (κ1) is 11.7. The van der Waals surface area contributed by atoms with E-state index in [9.17, 15) is 13.2 Å². The molecule has 0 N–H and O–H groups in total. The molecule has 0 unspecified atom stereocenters. The van der Waals surface area contributed by atoms with Gasteiger partial charge in [-0.05, 0) is 40.2 Å². The molecule has 1 rings (SSSR count). The van der Waals surface area contributed by atoms with Crippen LogP contribution in [0.15, 0.2) is 39.7 Å². The molecule has 0 aliphatic rings. The predicted octanol–water partition coefficient (Wildman–Crippen LogP) is 4.42. The normalized spacial score (nSPS) is 10.0. The molecule has 0 spiro atoms. The van der Waals surface area contributed by atoms with E-state index in [0.29, 0.717) is 0 Å². The summed E-state index contributed by atoms with van der Waals surface area (Å²) in [6.45, 7) is 0. The second-order valence-corrected chi connectivity index (χ2v) is 4.41. The Morgan fingerprint density at radius 1 is 1.21 bits per heavy atom. The molecule has 0 saturated heterocycles. The molecular weight excluding hydrogens is 277 g/mol. The summed E-state index contributed by atoms with van der Waals surface area (Å²) in [5.41, 5.74) is 0. The molecule has 1 aromatic rings. The van der Waals surface area contributed by atoms with E-state index in [1.165, 1.54) is 23.9 Å². The molecule has 0 aliphatic heterocycles. The molecule has 0 nitrogen and oxygen atoms in total. The van der Waals surface area contributed by atoms with Crippen LogP contribution in [0, 0.1) is 5.82 Å². The first-order valence-electron chi connectivity index (χ1n) is 3.67. The van der Waals surface area contributed by atoms with Crippen LogP contribution in [-0.2, 0) is 0 Å². The van der Waals surface area contributed by atoms with Gasteiger partial charge in [0.1, 0.15) is 5.82 Å². The monoisotopic (exact) mass is 282 g/mol. The maximum atomic E-state index is 12.5. The van der Waals surface area contributed by atoms with E-state index in [-0.39, 0.29) is 16.1 Å². The first-order valence-corrected chi connectivity index (χ1v) is 5.45. The lowest BCUT2D eigenvalue weighted by molar-refractivity contribution is 0.419. The minimum Gasteiger partial charge on any atom is -0.207 e. The van der Waals surface area contributed by atoms with Crippen LogP contribution in [0.4, 0.5) is 13.2 Å². The minimum atomic E-state index is -1.72. The van der Waals surface area contributed by atoms with Gasteiger partial charge in [-0.1, -0.05) is 0 Å². The number of thioether (sulfide) groups is 1. The standard InChI is InChI=1S/C9H6BrF3S/c10-8(9(12)13)5-14-7-3-1-6(11)2-4-7/h1-4H,5H2. The van der Waals surface area contributed by atoms with Crippen LogP contribution in [0.1, 0.15) is 0 Å². The van der Waals surface area contributed by atoms with E-state index in [4.69, 9.17) is 0 Å². The molecule has 0 heterocycles. The third-order valence-electron chi connectivity index (χ3n) is 1.38. The van der Waals surface area contributed by atoms with E-state index < -0.39 is 6.08 Å². The van der Waals surface area contributed by atoms with Crippen molar-refractivity contribution in [3.63, 3.8) is 0 Å². The van der Waals surface area contributed by atoms with Crippen molar-refractivity contribution in [3.05, 3.63) is 40.6 Å². The van der Waals surface area contributed by atoms with E-state index in [2.05, 4.69) is 15.9 Å². The summed E-state index contributed by atoms with van der Waals surface area (Å²) >= 11 is 3.96. The number of hydrogen-bond donors (Lipinski definition) is 0. The van der Waals surface area contributed by atoms with Gasteiger partial charge in [-0.3, -0.25) is 0 Å². The molecule has 5 heteroatoms. The Balaban J connectivity index is 2.54. The highest BCUT2D eigenvalue weighted by molar-refractivity contribution is 9.11. The number of benzene rings is 1. The zero-order valence-corrected chi connectivity index (χ0v) is 9.34. The summed E-state index contributed by atoms with van der Waals surface area (Å²) in [5.74, 6) is -0.186. The lowest BCUT2D eigenvalue weighted by Crippen LogP contribution is -1.81. The molecule has 14 heavy (non-hydrogen) atoms. The lowest BCUT2D eigenvalue weighted by atomic mass is 10.4. The SMILES string of the molecule is FC(F)=C(Br)CSc1ccc(F)cc1. The zero-order valence-electron chi connectivity index (χ0n) is 6.94. The topological polar surface area (TPSA) is 0 Å². The van der Waals surface area contributed by atoms with Crippen LogP contribution in [0.25, 0.3) is 0 Å². The zero-order chi connectivity index (χ0) is 10.6. The van der Waals surface area contributed by atoms with Crippen LogP contribution in [0.5, 0.6) is 0 Å². The summed E-state index contributed by atoms with van der Waals surface area (Å²) in [4.78, 5) is 0.754. The average molecular weight is 283 g/mol. The van der Waals surface area contributed by atoms with Gasteiger partial charge in [-0.15, -0.1) is 11.8 Å². The molecule has 0 aliphatic carbocycles. The Bertz CT molecular complexity index is 330. The highest BCUT2D eigenvalue weighted by Crippen LogP contribution is 2.25. The summed E-state index contributed by atoms with van der Waals surface area (Å²) in [6.07, 6.45) is -1.72.